The van der Waals surface area contributed by atoms with Gasteiger partial charge in [0.25, 0.3) is 0 Å². The molecule has 3 fully saturated rings. The van der Waals surface area contributed by atoms with Crippen LogP contribution in [0.3, 0.4) is 0 Å². The molecule has 1 aliphatic carbocycles. The van der Waals surface area contributed by atoms with Crippen LogP contribution in [0.25, 0.3) is 11.3 Å². The average molecular weight is 421 g/mol. The van der Waals surface area contributed by atoms with E-state index < -0.39 is 5.91 Å². The fourth-order valence-electron chi connectivity index (χ4n) is 5.29. The third-order valence-corrected chi connectivity index (χ3v) is 7.02. The molecule has 2 saturated heterocycles. The standard InChI is InChI=1S/C24H32N6O/c25-24(31)18-13-21(17-8-9-26-22(14-17)27-19-5-2-1-3-6-19)28-23(15-18)30-12-11-29-10-4-7-20(29)16-30/h8-9,13-15,19-20H,1-7,10-12,16H2,(H2,25,31)(H,26,27). The number of anilines is 2. The van der Waals surface area contributed by atoms with Gasteiger partial charge in [-0.1, -0.05) is 19.3 Å². The number of pyridine rings is 2. The minimum Gasteiger partial charge on any atom is -0.367 e. The number of amides is 1. The number of hydrogen-bond donors (Lipinski definition) is 2. The van der Waals surface area contributed by atoms with E-state index >= 15 is 0 Å². The molecule has 3 aliphatic rings. The SMILES string of the molecule is NC(=O)c1cc(-c2ccnc(NC3CCCCC3)c2)nc(N2CCN3CCCC3C2)c1. The monoisotopic (exact) mass is 420 g/mol. The predicted octanol–water partition coefficient (Wildman–Crippen LogP) is 3.27. The fourth-order valence-corrected chi connectivity index (χ4v) is 5.29. The van der Waals surface area contributed by atoms with E-state index in [2.05, 4.69) is 20.1 Å². The number of nitrogens with zero attached hydrogens (tertiary/aromatic N) is 4. The minimum atomic E-state index is -0.418. The lowest BCUT2D eigenvalue weighted by Crippen LogP contribution is -2.50. The van der Waals surface area contributed by atoms with Crippen molar-refractivity contribution in [2.45, 2.75) is 57.0 Å². The number of carbonyl (C=O) groups excluding carboxylic acids is 1. The van der Waals surface area contributed by atoms with Gasteiger partial charge in [-0.2, -0.15) is 0 Å². The van der Waals surface area contributed by atoms with Gasteiger partial charge in [-0.05, 0) is 56.5 Å². The Labute approximate surface area is 184 Å². The summed E-state index contributed by atoms with van der Waals surface area (Å²) in [5, 5.41) is 3.59. The number of carbonyl (C=O) groups is 1. The Bertz CT molecular complexity index is 941. The van der Waals surface area contributed by atoms with Gasteiger partial charge in [0.05, 0.1) is 5.69 Å². The second-order valence-electron chi connectivity index (χ2n) is 9.15. The number of nitrogens with one attached hydrogen (secondary N) is 1. The van der Waals surface area contributed by atoms with Crippen molar-refractivity contribution in [1.82, 2.24) is 14.9 Å². The van der Waals surface area contributed by atoms with Gasteiger partial charge in [-0.3, -0.25) is 9.69 Å². The number of rotatable bonds is 5. The van der Waals surface area contributed by atoms with Crippen molar-refractivity contribution >= 4 is 17.5 Å². The second kappa shape index (κ2) is 8.83. The molecule has 164 valence electrons. The van der Waals surface area contributed by atoms with Gasteiger partial charge in [0.15, 0.2) is 0 Å². The van der Waals surface area contributed by atoms with E-state index in [1.54, 1.807) is 6.07 Å². The molecule has 2 aromatic heterocycles. The van der Waals surface area contributed by atoms with Gasteiger partial charge in [-0.25, -0.2) is 9.97 Å². The zero-order valence-corrected chi connectivity index (χ0v) is 18.1. The molecule has 2 aliphatic heterocycles. The quantitative estimate of drug-likeness (QED) is 0.772. The lowest BCUT2D eigenvalue weighted by Gasteiger charge is -2.38. The van der Waals surface area contributed by atoms with E-state index in [4.69, 9.17) is 10.7 Å². The Balaban J connectivity index is 1.42. The molecule has 0 radical (unpaired) electrons. The Morgan fingerprint density at radius 1 is 1.03 bits per heavy atom. The minimum absolute atomic E-state index is 0.418. The largest absolute Gasteiger partial charge is 0.367 e. The third kappa shape index (κ3) is 4.51. The zero-order chi connectivity index (χ0) is 21.2. The summed E-state index contributed by atoms with van der Waals surface area (Å²) in [5.41, 5.74) is 7.92. The third-order valence-electron chi connectivity index (χ3n) is 7.02. The first-order valence-electron chi connectivity index (χ1n) is 11.7. The lowest BCUT2D eigenvalue weighted by atomic mass is 9.95. The van der Waals surface area contributed by atoms with E-state index in [0.717, 1.165) is 42.5 Å². The van der Waals surface area contributed by atoms with E-state index in [1.165, 1.54) is 51.5 Å². The summed E-state index contributed by atoms with van der Waals surface area (Å²) < 4.78 is 0. The van der Waals surface area contributed by atoms with Crippen molar-refractivity contribution < 1.29 is 4.79 Å². The predicted molar refractivity (Wildman–Crippen MR) is 123 cm³/mol. The topological polar surface area (TPSA) is 87.4 Å². The van der Waals surface area contributed by atoms with E-state index in [-0.39, 0.29) is 0 Å². The van der Waals surface area contributed by atoms with Crippen molar-refractivity contribution in [3.8, 4) is 11.3 Å². The maximum atomic E-state index is 12.1. The van der Waals surface area contributed by atoms with Crippen LogP contribution in [0.5, 0.6) is 0 Å². The first-order valence-corrected chi connectivity index (χ1v) is 11.7. The Kier molecular flexibility index (Phi) is 5.76. The van der Waals surface area contributed by atoms with Crippen LogP contribution in [0.1, 0.15) is 55.3 Å². The molecule has 1 atom stereocenters. The number of primary amides is 1. The van der Waals surface area contributed by atoms with Gasteiger partial charge < -0.3 is 16.0 Å². The van der Waals surface area contributed by atoms with Crippen LogP contribution >= 0.6 is 0 Å². The highest BCUT2D eigenvalue weighted by atomic mass is 16.1. The molecule has 3 N–H and O–H groups in total. The molecule has 1 saturated carbocycles. The molecule has 2 aromatic rings. The van der Waals surface area contributed by atoms with Crippen LogP contribution < -0.4 is 16.0 Å². The number of aromatic nitrogens is 2. The highest BCUT2D eigenvalue weighted by Gasteiger charge is 2.31. The number of hydrogen-bond acceptors (Lipinski definition) is 6. The van der Waals surface area contributed by atoms with Crippen LogP contribution in [0, 0.1) is 0 Å². The summed E-state index contributed by atoms with van der Waals surface area (Å²) in [6, 6.07) is 8.72. The Morgan fingerprint density at radius 3 is 2.74 bits per heavy atom. The molecule has 1 amide bonds. The molecule has 7 nitrogen and oxygen atoms in total. The summed E-state index contributed by atoms with van der Waals surface area (Å²) in [7, 11) is 0. The molecule has 0 aromatic carbocycles. The molecule has 1 unspecified atom stereocenters. The lowest BCUT2D eigenvalue weighted by molar-refractivity contribution is 0.1000. The fraction of sp³-hybridized carbons (Fsp3) is 0.542. The van der Waals surface area contributed by atoms with E-state index in [9.17, 15) is 4.79 Å². The van der Waals surface area contributed by atoms with Crippen LogP contribution in [0.4, 0.5) is 11.6 Å². The van der Waals surface area contributed by atoms with Gasteiger partial charge in [0, 0.05) is 49.0 Å². The van der Waals surface area contributed by atoms with Crippen LogP contribution in [-0.2, 0) is 0 Å². The number of fused-ring (bicyclic) bond motifs is 1. The molecular formula is C24H32N6O. The van der Waals surface area contributed by atoms with Crippen molar-refractivity contribution in [3.63, 3.8) is 0 Å². The maximum absolute atomic E-state index is 12.1. The van der Waals surface area contributed by atoms with Gasteiger partial charge in [0.2, 0.25) is 5.91 Å². The number of piperazine rings is 1. The van der Waals surface area contributed by atoms with Crippen molar-refractivity contribution in [2.75, 3.05) is 36.4 Å². The first kappa shape index (κ1) is 20.2. The molecule has 0 bridgehead atoms. The zero-order valence-electron chi connectivity index (χ0n) is 18.1. The normalized spacial score (nSPS) is 22.3. The molecule has 31 heavy (non-hydrogen) atoms. The summed E-state index contributed by atoms with van der Waals surface area (Å²) in [5.74, 6) is 1.30. The van der Waals surface area contributed by atoms with Crippen molar-refractivity contribution in [3.05, 3.63) is 36.0 Å². The van der Waals surface area contributed by atoms with Gasteiger partial charge in [0.1, 0.15) is 11.6 Å². The molecule has 7 heteroatoms. The first-order chi connectivity index (χ1) is 15.2. The highest BCUT2D eigenvalue weighted by molar-refractivity contribution is 5.94. The molecule has 4 heterocycles. The highest BCUT2D eigenvalue weighted by Crippen LogP contribution is 2.29. The average Bonchev–Trinajstić information content (AvgIpc) is 3.27. The maximum Gasteiger partial charge on any atom is 0.248 e. The van der Waals surface area contributed by atoms with E-state index in [0.29, 0.717) is 17.6 Å². The van der Waals surface area contributed by atoms with E-state index in [1.807, 2.05) is 24.4 Å². The molecule has 5 rings (SSSR count). The summed E-state index contributed by atoms with van der Waals surface area (Å²) in [6.07, 6.45) is 10.6. The smallest absolute Gasteiger partial charge is 0.248 e. The van der Waals surface area contributed by atoms with Crippen LogP contribution in [-0.4, -0.2) is 59.0 Å². The summed E-state index contributed by atoms with van der Waals surface area (Å²) in [6.45, 7) is 4.13. The summed E-state index contributed by atoms with van der Waals surface area (Å²) in [4.78, 5) is 26.4. The van der Waals surface area contributed by atoms with Gasteiger partial charge >= 0.3 is 0 Å². The number of nitrogens with two attached hydrogens (primary N) is 1. The van der Waals surface area contributed by atoms with Crippen LogP contribution in [0.15, 0.2) is 30.5 Å². The second-order valence-corrected chi connectivity index (χ2v) is 9.15. The van der Waals surface area contributed by atoms with Crippen molar-refractivity contribution in [2.24, 2.45) is 5.73 Å². The van der Waals surface area contributed by atoms with Crippen LogP contribution in [0.2, 0.25) is 0 Å². The molecule has 0 spiro atoms. The molecular weight excluding hydrogens is 388 g/mol. The Hall–Kier alpha value is -2.67. The van der Waals surface area contributed by atoms with Gasteiger partial charge in [-0.15, -0.1) is 0 Å². The Morgan fingerprint density at radius 2 is 1.90 bits per heavy atom. The summed E-state index contributed by atoms with van der Waals surface area (Å²) >= 11 is 0. The van der Waals surface area contributed by atoms with Crippen molar-refractivity contribution in [1.29, 1.82) is 0 Å².